The van der Waals surface area contributed by atoms with Crippen molar-refractivity contribution in [1.29, 1.82) is 0 Å². The average Bonchev–Trinajstić information content (AvgIpc) is 2.36. The van der Waals surface area contributed by atoms with Gasteiger partial charge in [-0.25, -0.2) is 16.8 Å². The molecule has 0 bridgehead atoms. The van der Waals surface area contributed by atoms with E-state index in [9.17, 15) is 16.8 Å². The molecule has 5 nitrogen and oxygen atoms in total. The van der Waals surface area contributed by atoms with Crippen LogP contribution in [-0.4, -0.2) is 34.9 Å². The Morgan fingerprint density at radius 1 is 1.10 bits per heavy atom. The van der Waals surface area contributed by atoms with Gasteiger partial charge in [-0.05, 0) is 43.5 Å². The molecule has 0 saturated heterocycles. The van der Waals surface area contributed by atoms with E-state index in [0.29, 0.717) is 22.4 Å². The fourth-order valence-electron chi connectivity index (χ4n) is 1.91. The lowest BCUT2D eigenvalue weighted by atomic mass is 10.1. The van der Waals surface area contributed by atoms with E-state index in [1.165, 1.54) is 6.07 Å². The first-order chi connectivity index (χ1) is 9.49. The lowest BCUT2D eigenvalue weighted by Crippen LogP contribution is -2.16. The van der Waals surface area contributed by atoms with Crippen LogP contribution in [-0.2, 0) is 18.9 Å². The van der Waals surface area contributed by atoms with Gasteiger partial charge in [-0.2, -0.15) is 0 Å². The third-order valence-electron chi connectivity index (χ3n) is 3.32. The summed E-state index contributed by atoms with van der Waals surface area (Å²) in [6.45, 7) is 6.67. The summed E-state index contributed by atoms with van der Waals surface area (Å²) >= 11 is 0. The highest BCUT2D eigenvalue weighted by Gasteiger charge is 2.19. The van der Waals surface area contributed by atoms with E-state index < -0.39 is 18.9 Å². The highest BCUT2D eigenvalue weighted by atomic mass is 35.7. The average molecular weight is 355 g/mol. The largest absolute Gasteiger partial charge is 0.492 e. The summed E-state index contributed by atoms with van der Waals surface area (Å²) < 4.78 is 51.4. The van der Waals surface area contributed by atoms with Crippen LogP contribution in [0.4, 0.5) is 0 Å². The molecule has 0 radical (unpaired) electrons. The van der Waals surface area contributed by atoms with Crippen molar-refractivity contribution in [3.8, 4) is 5.75 Å². The lowest BCUT2D eigenvalue weighted by molar-refractivity contribution is 0.335. The third kappa shape index (κ3) is 4.59. The Labute approximate surface area is 130 Å². The molecule has 0 amide bonds. The fourth-order valence-corrected chi connectivity index (χ4v) is 3.85. The van der Waals surface area contributed by atoms with Crippen LogP contribution in [0, 0.1) is 20.8 Å². The van der Waals surface area contributed by atoms with Gasteiger partial charge >= 0.3 is 0 Å². The Hall–Kier alpha value is -0.790. The van der Waals surface area contributed by atoms with E-state index in [-0.39, 0.29) is 23.0 Å². The Kier molecular flexibility index (Phi) is 5.69. The smallest absolute Gasteiger partial charge is 0.261 e. The molecule has 0 aliphatic rings. The minimum Gasteiger partial charge on any atom is -0.492 e. The highest BCUT2D eigenvalue weighted by molar-refractivity contribution is 8.13. The van der Waals surface area contributed by atoms with Gasteiger partial charge in [0.2, 0.25) is 0 Å². The van der Waals surface area contributed by atoms with Gasteiger partial charge in [0.15, 0.2) is 9.84 Å². The third-order valence-corrected chi connectivity index (χ3v) is 6.44. The first kappa shape index (κ1) is 18.3. The van der Waals surface area contributed by atoms with Crippen LogP contribution in [0.1, 0.15) is 23.6 Å². The van der Waals surface area contributed by atoms with E-state index in [1.54, 1.807) is 27.7 Å². The summed E-state index contributed by atoms with van der Waals surface area (Å²) in [5.41, 5.74) is 1.75. The zero-order chi connectivity index (χ0) is 16.4. The van der Waals surface area contributed by atoms with Crippen molar-refractivity contribution in [3.63, 3.8) is 0 Å². The molecule has 0 heterocycles. The van der Waals surface area contributed by atoms with Crippen molar-refractivity contribution in [1.82, 2.24) is 0 Å². The normalized spacial score (nSPS) is 12.4. The second-order valence-corrected chi connectivity index (χ2v) is 9.80. The molecule has 0 aliphatic carbocycles. The van der Waals surface area contributed by atoms with E-state index in [4.69, 9.17) is 15.4 Å². The van der Waals surface area contributed by atoms with Gasteiger partial charge in [0.25, 0.3) is 9.05 Å². The summed E-state index contributed by atoms with van der Waals surface area (Å²) in [5.74, 6) is 0.496. The van der Waals surface area contributed by atoms with Crippen LogP contribution in [0.2, 0.25) is 0 Å². The maximum Gasteiger partial charge on any atom is 0.261 e. The number of hydrogen-bond acceptors (Lipinski definition) is 5. The molecule has 0 N–H and O–H groups in total. The van der Waals surface area contributed by atoms with Crippen LogP contribution in [0.15, 0.2) is 11.0 Å². The number of sulfone groups is 1. The van der Waals surface area contributed by atoms with Crippen molar-refractivity contribution in [2.45, 2.75) is 32.6 Å². The van der Waals surface area contributed by atoms with Gasteiger partial charge in [0, 0.05) is 16.4 Å². The molecule has 8 heteroatoms. The van der Waals surface area contributed by atoms with Crippen LogP contribution in [0.25, 0.3) is 0 Å². The lowest BCUT2D eigenvalue weighted by Gasteiger charge is -2.16. The molecule has 0 aromatic heterocycles. The van der Waals surface area contributed by atoms with Gasteiger partial charge in [-0.15, -0.1) is 0 Å². The Morgan fingerprint density at radius 3 is 2.14 bits per heavy atom. The van der Waals surface area contributed by atoms with Crippen molar-refractivity contribution in [2.24, 2.45) is 0 Å². The molecule has 1 aromatic carbocycles. The Balaban J connectivity index is 3.09. The van der Waals surface area contributed by atoms with Crippen molar-refractivity contribution < 1.29 is 21.6 Å². The molecular formula is C13H19ClO5S2. The van der Waals surface area contributed by atoms with Crippen molar-refractivity contribution in [2.75, 3.05) is 18.1 Å². The fraction of sp³-hybridized carbons (Fsp3) is 0.538. The monoisotopic (exact) mass is 354 g/mol. The summed E-state index contributed by atoms with van der Waals surface area (Å²) in [6, 6.07) is 1.44. The van der Waals surface area contributed by atoms with Gasteiger partial charge in [0.05, 0.1) is 10.6 Å². The molecule has 0 aliphatic heterocycles. The summed E-state index contributed by atoms with van der Waals surface area (Å²) in [5, 5.41) is 0. The molecule has 0 saturated carbocycles. The first-order valence-corrected chi connectivity index (χ1v) is 10.5. The van der Waals surface area contributed by atoms with Gasteiger partial charge in [0.1, 0.15) is 12.4 Å². The van der Waals surface area contributed by atoms with E-state index in [2.05, 4.69) is 0 Å². The van der Waals surface area contributed by atoms with Crippen LogP contribution in [0.3, 0.4) is 0 Å². The number of ether oxygens (including phenoxy) is 1. The van der Waals surface area contributed by atoms with Crippen LogP contribution in [0.5, 0.6) is 5.75 Å². The molecule has 0 spiro atoms. The van der Waals surface area contributed by atoms with Crippen molar-refractivity contribution >= 4 is 29.6 Å². The quantitative estimate of drug-likeness (QED) is 0.733. The van der Waals surface area contributed by atoms with E-state index >= 15 is 0 Å². The molecule has 0 unspecified atom stereocenters. The van der Waals surface area contributed by atoms with Gasteiger partial charge in [-0.3, -0.25) is 0 Å². The zero-order valence-corrected chi connectivity index (χ0v) is 14.8. The number of benzene rings is 1. The maximum absolute atomic E-state index is 11.5. The van der Waals surface area contributed by atoms with E-state index in [1.807, 2.05) is 0 Å². The van der Waals surface area contributed by atoms with Gasteiger partial charge < -0.3 is 4.74 Å². The molecule has 0 atom stereocenters. The predicted octanol–water partition coefficient (Wildman–Crippen LogP) is 2.35. The molecule has 0 fully saturated rings. The summed E-state index contributed by atoms with van der Waals surface area (Å²) in [7, 11) is -1.53. The Morgan fingerprint density at radius 2 is 1.67 bits per heavy atom. The standard InChI is InChI=1S/C13H19ClO5S2/c1-5-20(15,16)7-6-19-13-9(2)8-12(21(14,17)18)10(3)11(13)4/h8H,5-7H2,1-4H3. The molecule has 1 rings (SSSR count). The van der Waals surface area contributed by atoms with Crippen molar-refractivity contribution in [3.05, 3.63) is 22.8 Å². The van der Waals surface area contributed by atoms with Crippen LogP contribution < -0.4 is 4.74 Å². The van der Waals surface area contributed by atoms with Gasteiger partial charge in [-0.1, -0.05) is 6.92 Å². The molecule has 21 heavy (non-hydrogen) atoms. The minimum absolute atomic E-state index is 0.0320. The zero-order valence-electron chi connectivity index (χ0n) is 12.4. The second kappa shape index (κ2) is 6.54. The number of hydrogen-bond donors (Lipinski definition) is 0. The Bertz CT molecular complexity index is 736. The first-order valence-electron chi connectivity index (χ1n) is 6.38. The highest BCUT2D eigenvalue weighted by Crippen LogP contribution is 2.32. The minimum atomic E-state index is -3.82. The number of halogens is 1. The molecule has 1 aromatic rings. The topological polar surface area (TPSA) is 77.5 Å². The molecule has 120 valence electrons. The van der Waals surface area contributed by atoms with Crippen LogP contribution >= 0.6 is 10.7 Å². The second-order valence-electron chi connectivity index (χ2n) is 4.79. The summed E-state index contributed by atoms with van der Waals surface area (Å²) in [6.07, 6.45) is 0. The predicted molar refractivity (Wildman–Crippen MR) is 83.5 cm³/mol. The number of aryl methyl sites for hydroxylation is 1. The summed E-state index contributed by atoms with van der Waals surface area (Å²) in [4.78, 5) is 0.0488. The SMILES string of the molecule is CCS(=O)(=O)CCOc1c(C)cc(S(=O)(=O)Cl)c(C)c1C. The van der Waals surface area contributed by atoms with E-state index in [0.717, 1.165) is 0 Å². The number of rotatable bonds is 6. The maximum atomic E-state index is 11.5. The molecular weight excluding hydrogens is 336 g/mol.